The van der Waals surface area contributed by atoms with Crippen LogP contribution in [0.15, 0.2) is 41.0 Å². The highest BCUT2D eigenvalue weighted by atomic mass is 127. The minimum absolute atomic E-state index is 0.117. The molecular weight excluding hydrogens is 365 g/mol. The molecule has 0 fully saturated rings. The molecular formula is C13H11ClINO2. The number of rotatable bonds is 4. The molecule has 2 rings (SSSR count). The van der Waals surface area contributed by atoms with E-state index < -0.39 is 0 Å². The molecule has 0 aliphatic carbocycles. The lowest BCUT2D eigenvalue weighted by atomic mass is 10.2. The Morgan fingerprint density at radius 2 is 2.22 bits per heavy atom. The van der Waals surface area contributed by atoms with Crippen LogP contribution in [-0.2, 0) is 6.42 Å². The van der Waals surface area contributed by atoms with Gasteiger partial charge >= 0.3 is 0 Å². The van der Waals surface area contributed by atoms with Crippen molar-refractivity contribution in [2.45, 2.75) is 6.42 Å². The van der Waals surface area contributed by atoms with Crippen molar-refractivity contribution in [1.82, 2.24) is 5.32 Å². The third-order valence-electron chi connectivity index (χ3n) is 2.41. The monoisotopic (exact) mass is 375 g/mol. The van der Waals surface area contributed by atoms with E-state index in [0.29, 0.717) is 23.6 Å². The first-order valence-electron chi connectivity index (χ1n) is 5.42. The Bertz CT molecular complexity index is 540. The summed E-state index contributed by atoms with van der Waals surface area (Å²) in [7, 11) is 0. The highest BCUT2D eigenvalue weighted by Crippen LogP contribution is 2.17. The van der Waals surface area contributed by atoms with Gasteiger partial charge in [-0.2, -0.15) is 0 Å². The predicted molar refractivity (Wildman–Crippen MR) is 78.9 cm³/mol. The molecule has 1 amide bonds. The van der Waals surface area contributed by atoms with E-state index in [0.717, 1.165) is 9.33 Å². The number of amides is 1. The topological polar surface area (TPSA) is 42.2 Å². The van der Waals surface area contributed by atoms with Gasteiger partial charge in [-0.1, -0.05) is 11.6 Å². The van der Waals surface area contributed by atoms with Crippen LogP contribution in [0, 0.1) is 3.57 Å². The summed E-state index contributed by atoms with van der Waals surface area (Å²) in [5.41, 5.74) is 0.600. The van der Waals surface area contributed by atoms with Crippen molar-refractivity contribution in [1.29, 1.82) is 0 Å². The molecule has 1 heterocycles. The lowest BCUT2D eigenvalue weighted by molar-refractivity contribution is 0.0953. The second kappa shape index (κ2) is 6.24. The molecule has 0 saturated carbocycles. The highest BCUT2D eigenvalue weighted by molar-refractivity contribution is 14.1. The van der Waals surface area contributed by atoms with E-state index in [4.69, 9.17) is 16.0 Å². The van der Waals surface area contributed by atoms with Crippen molar-refractivity contribution in [3.8, 4) is 0 Å². The van der Waals surface area contributed by atoms with Crippen LogP contribution in [0.2, 0.25) is 5.02 Å². The molecule has 3 nitrogen and oxygen atoms in total. The van der Waals surface area contributed by atoms with Gasteiger partial charge in [-0.3, -0.25) is 4.79 Å². The van der Waals surface area contributed by atoms with Crippen molar-refractivity contribution in [3.63, 3.8) is 0 Å². The Balaban J connectivity index is 1.93. The number of hydrogen-bond acceptors (Lipinski definition) is 2. The summed E-state index contributed by atoms with van der Waals surface area (Å²) >= 11 is 7.99. The van der Waals surface area contributed by atoms with Gasteiger partial charge in [0.25, 0.3) is 5.91 Å². The molecule has 0 aliphatic rings. The number of nitrogens with one attached hydrogen (secondary N) is 1. The summed E-state index contributed by atoms with van der Waals surface area (Å²) in [6.45, 7) is 0.537. The van der Waals surface area contributed by atoms with Gasteiger partial charge in [0.2, 0.25) is 0 Å². The van der Waals surface area contributed by atoms with Crippen LogP contribution in [-0.4, -0.2) is 12.5 Å². The fourth-order valence-electron chi connectivity index (χ4n) is 1.52. The van der Waals surface area contributed by atoms with E-state index in [1.165, 1.54) is 0 Å². The summed E-state index contributed by atoms with van der Waals surface area (Å²) in [6, 6.07) is 8.98. The van der Waals surface area contributed by atoms with Gasteiger partial charge in [0, 0.05) is 21.6 Å². The predicted octanol–water partition coefficient (Wildman–Crippen LogP) is 3.51. The number of carbonyl (C=O) groups excluding carboxylic acids is 1. The molecule has 0 spiro atoms. The summed E-state index contributed by atoms with van der Waals surface area (Å²) in [6.07, 6.45) is 2.30. The standard InChI is InChI=1S/C13H11ClINO2/c14-9-3-4-12(15)11(8-9)13(17)16-6-5-10-2-1-7-18-10/h1-4,7-8H,5-6H2,(H,16,17). The zero-order chi connectivity index (χ0) is 13.0. The normalized spacial score (nSPS) is 10.3. The molecule has 1 aromatic carbocycles. The van der Waals surface area contributed by atoms with Crippen LogP contribution >= 0.6 is 34.2 Å². The minimum Gasteiger partial charge on any atom is -0.469 e. The molecule has 0 bridgehead atoms. The first-order valence-corrected chi connectivity index (χ1v) is 6.88. The number of halogens is 2. The smallest absolute Gasteiger partial charge is 0.252 e. The largest absolute Gasteiger partial charge is 0.469 e. The van der Waals surface area contributed by atoms with Crippen molar-refractivity contribution in [2.75, 3.05) is 6.54 Å². The van der Waals surface area contributed by atoms with Crippen molar-refractivity contribution >= 4 is 40.1 Å². The third kappa shape index (κ3) is 3.49. The van der Waals surface area contributed by atoms with Gasteiger partial charge in [0.05, 0.1) is 11.8 Å². The molecule has 94 valence electrons. The van der Waals surface area contributed by atoms with Crippen LogP contribution in [0.3, 0.4) is 0 Å². The van der Waals surface area contributed by atoms with Crippen LogP contribution in [0.4, 0.5) is 0 Å². The van der Waals surface area contributed by atoms with Gasteiger partial charge in [-0.15, -0.1) is 0 Å². The van der Waals surface area contributed by atoms with Crippen molar-refractivity contribution in [3.05, 3.63) is 56.5 Å². The second-order valence-electron chi connectivity index (χ2n) is 3.71. The fourth-order valence-corrected chi connectivity index (χ4v) is 2.27. The Labute approximate surface area is 124 Å². The maximum atomic E-state index is 11.9. The Morgan fingerprint density at radius 1 is 1.39 bits per heavy atom. The summed E-state index contributed by atoms with van der Waals surface area (Å²) < 4.78 is 6.07. The summed E-state index contributed by atoms with van der Waals surface area (Å²) in [5, 5.41) is 3.40. The van der Waals surface area contributed by atoms with E-state index in [1.54, 1.807) is 18.4 Å². The molecule has 1 N–H and O–H groups in total. The second-order valence-corrected chi connectivity index (χ2v) is 5.31. The molecule has 0 radical (unpaired) electrons. The van der Waals surface area contributed by atoms with E-state index in [2.05, 4.69) is 27.9 Å². The molecule has 0 saturated heterocycles. The van der Waals surface area contributed by atoms with Crippen LogP contribution in [0.1, 0.15) is 16.1 Å². The Hall–Kier alpha value is -1.01. The molecule has 5 heteroatoms. The van der Waals surface area contributed by atoms with Gasteiger partial charge in [-0.25, -0.2) is 0 Å². The van der Waals surface area contributed by atoms with E-state index in [1.807, 2.05) is 18.2 Å². The Kier molecular flexibility index (Phi) is 4.66. The lowest BCUT2D eigenvalue weighted by Gasteiger charge is -2.06. The Morgan fingerprint density at radius 3 is 2.94 bits per heavy atom. The molecule has 0 unspecified atom stereocenters. The summed E-state index contributed by atoms with van der Waals surface area (Å²) in [5.74, 6) is 0.740. The molecule has 1 aromatic heterocycles. The van der Waals surface area contributed by atoms with Crippen molar-refractivity contribution < 1.29 is 9.21 Å². The molecule has 0 atom stereocenters. The van der Waals surface area contributed by atoms with E-state index in [-0.39, 0.29) is 5.91 Å². The van der Waals surface area contributed by atoms with Crippen LogP contribution in [0.5, 0.6) is 0 Å². The maximum Gasteiger partial charge on any atom is 0.252 e. The number of hydrogen-bond donors (Lipinski definition) is 1. The number of benzene rings is 1. The van der Waals surface area contributed by atoms with Gasteiger partial charge in [-0.05, 0) is 52.9 Å². The first kappa shape index (κ1) is 13.4. The maximum absolute atomic E-state index is 11.9. The van der Waals surface area contributed by atoms with E-state index in [9.17, 15) is 4.79 Å². The van der Waals surface area contributed by atoms with E-state index >= 15 is 0 Å². The lowest BCUT2D eigenvalue weighted by Crippen LogP contribution is -2.26. The van der Waals surface area contributed by atoms with Gasteiger partial charge in [0.15, 0.2) is 0 Å². The average Bonchev–Trinajstić information content (AvgIpc) is 2.85. The molecule has 18 heavy (non-hydrogen) atoms. The number of furan rings is 1. The average molecular weight is 376 g/mol. The van der Waals surface area contributed by atoms with Gasteiger partial charge in [0.1, 0.15) is 5.76 Å². The van der Waals surface area contributed by atoms with Crippen molar-refractivity contribution in [2.24, 2.45) is 0 Å². The zero-order valence-electron chi connectivity index (χ0n) is 9.45. The number of carbonyl (C=O) groups is 1. The summed E-state index contributed by atoms with van der Waals surface area (Å²) in [4.78, 5) is 11.9. The highest BCUT2D eigenvalue weighted by Gasteiger charge is 2.10. The minimum atomic E-state index is -0.117. The molecule has 2 aromatic rings. The first-order chi connectivity index (χ1) is 8.66. The zero-order valence-corrected chi connectivity index (χ0v) is 12.4. The SMILES string of the molecule is O=C(NCCc1ccco1)c1cc(Cl)ccc1I. The molecule has 0 aliphatic heterocycles. The third-order valence-corrected chi connectivity index (χ3v) is 3.59. The fraction of sp³-hybridized carbons (Fsp3) is 0.154. The van der Waals surface area contributed by atoms with Gasteiger partial charge < -0.3 is 9.73 Å². The van der Waals surface area contributed by atoms with Crippen LogP contribution in [0.25, 0.3) is 0 Å². The quantitative estimate of drug-likeness (QED) is 0.831. The van der Waals surface area contributed by atoms with Crippen LogP contribution < -0.4 is 5.32 Å².